The highest BCUT2D eigenvalue weighted by Crippen LogP contribution is 2.09. The molecule has 0 fully saturated rings. The zero-order valence-electron chi connectivity index (χ0n) is 8.23. The van der Waals surface area contributed by atoms with E-state index in [9.17, 15) is 0 Å². The van der Waals surface area contributed by atoms with Gasteiger partial charge in [0.15, 0.2) is 0 Å². The second-order valence-electron chi connectivity index (χ2n) is 2.70. The molecule has 0 saturated carbocycles. The number of hydrogen-bond acceptors (Lipinski definition) is 5. The number of anilines is 1. The molecule has 0 aliphatic carbocycles. The normalized spacial score (nSPS) is 10.1. The van der Waals surface area contributed by atoms with E-state index in [1.165, 1.54) is 0 Å². The lowest BCUT2D eigenvalue weighted by Gasteiger charge is -2.02. The van der Waals surface area contributed by atoms with Crippen LogP contribution in [0.25, 0.3) is 0 Å². The Kier molecular flexibility index (Phi) is 5.32. The number of nitrogens with one attached hydrogen (secondary N) is 1. The van der Waals surface area contributed by atoms with E-state index in [1.807, 2.05) is 6.92 Å². The van der Waals surface area contributed by atoms with Gasteiger partial charge in [-0.25, -0.2) is 4.98 Å². The Hall–Kier alpha value is -0.810. The largest absolute Gasteiger partial charge is 0.396 e. The van der Waals surface area contributed by atoms with Crippen LogP contribution in [0.3, 0.4) is 0 Å². The van der Waals surface area contributed by atoms with Crippen LogP contribution in [-0.2, 0) is 5.75 Å². The Morgan fingerprint density at radius 1 is 1.43 bits per heavy atom. The third-order valence-corrected chi connectivity index (χ3v) is 2.52. The van der Waals surface area contributed by atoms with E-state index in [2.05, 4.69) is 15.3 Å². The summed E-state index contributed by atoms with van der Waals surface area (Å²) in [6.07, 6.45) is 3.50. The van der Waals surface area contributed by atoms with Gasteiger partial charge in [-0.2, -0.15) is 11.8 Å². The average Bonchev–Trinajstić information content (AvgIpc) is 2.21. The van der Waals surface area contributed by atoms with E-state index in [4.69, 9.17) is 5.11 Å². The zero-order valence-corrected chi connectivity index (χ0v) is 9.05. The number of rotatable bonds is 6. The predicted octanol–water partition coefficient (Wildman–Crippen LogP) is 1.13. The minimum atomic E-state index is 0.216. The molecular weight excluding hydrogens is 198 g/mol. The van der Waals surface area contributed by atoms with E-state index in [0.29, 0.717) is 0 Å². The first-order chi connectivity index (χ1) is 6.86. The van der Waals surface area contributed by atoms with Gasteiger partial charge in [0.2, 0.25) is 0 Å². The van der Waals surface area contributed by atoms with E-state index >= 15 is 0 Å². The van der Waals surface area contributed by atoms with Gasteiger partial charge < -0.3 is 10.4 Å². The second kappa shape index (κ2) is 6.62. The van der Waals surface area contributed by atoms with Gasteiger partial charge in [-0.3, -0.25) is 4.98 Å². The fraction of sp³-hybridized carbons (Fsp3) is 0.556. The summed E-state index contributed by atoms with van der Waals surface area (Å²) in [6, 6.07) is 0. The molecule has 2 N–H and O–H groups in total. The summed E-state index contributed by atoms with van der Waals surface area (Å²) in [4.78, 5) is 8.44. The van der Waals surface area contributed by atoms with Crippen molar-refractivity contribution in [3.05, 3.63) is 18.1 Å². The maximum Gasteiger partial charge on any atom is 0.144 e. The third-order valence-electron chi connectivity index (χ3n) is 1.55. The molecule has 1 heterocycles. The average molecular weight is 213 g/mol. The maximum atomic E-state index is 8.59. The van der Waals surface area contributed by atoms with Gasteiger partial charge in [0.1, 0.15) is 5.82 Å². The van der Waals surface area contributed by atoms with Gasteiger partial charge in [0.25, 0.3) is 0 Å². The molecule has 0 aromatic carbocycles. The molecule has 0 bridgehead atoms. The third kappa shape index (κ3) is 3.93. The first-order valence-electron chi connectivity index (χ1n) is 4.60. The summed E-state index contributed by atoms with van der Waals surface area (Å²) in [6.45, 7) is 3.09. The minimum absolute atomic E-state index is 0.216. The van der Waals surface area contributed by atoms with E-state index in [-0.39, 0.29) is 6.61 Å². The van der Waals surface area contributed by atoms with E-state index in [1.54, 1.807) is 24.2 Å². The van der Waals surface area contributed by atoms with Crippen LogP contribution in [0.1, 0.15) is 12.6 Å². The summed E-state index contributed by atoms with van der Waals surface area (Å²) in [5, 5.41) is 11.7. The number of nitrogens with zero attached hydrogens (tertiary/aromatic N) is 2. The molecule has 4 nitrogen and oxygen atoms in total. The SMILES string of the molecule is CCNc1cnc(CSCCO)cn1. The molecule has 1 aromatic rings. The fourth-order valence-electron chi connectivity index (χ4n) is 0.943. The molecule has 0 aliphatic rings. The molecule has 78 valence electrons. The molecule has 0 saturated heterocycles. The predicted molar refractivity (Wildman–Crippen MR) is 59.4 cm³/mol. The first kappa shape index (κ1) is 11.3. The van der Waals surface area contributed by atoms with Crippen LogP contribution in [0.5, 0.6) is 0 Å². The minimum Gasteiger partial charge on any atom is -0.396 e. The number of aromatic nitrogens is 2. The van der Waals surface area contributed by atoms with Crippen molar-refractivity contribution >= 4 is 17.6 Å². The smallest absolute Gasteiger partial charge is 0.144 e. The van der Waals surface area contributed by atoms with Gasteiger partial charge in [0.05, 0.1) is 24.7 Å². The van der Waals surface area contributed by atoms with Crippen LogP contribution in [0.4, 0.5) is 5.82 Å². The molecule has 1 rings (SSSR count). The molecule has 0 aliphatic heterocycles. The van der Waals surface area contributed by atoms with E-state index < -0.39 is 0 Å². The molecule has 0 unspecified atom stereocenters. The topological polar surface area (TPSA) is 58.0 Å². The zero-order chi connectivity index (χ0) is 10.2. The monoisotopic (exact) mass is 213 g/mol. The molecule has 14 heavy (non-hydrogen) atoms. The van der Waals surface area contributed by atoms with Gasteiger partial charge in [-0.15, -0.1) is 0 Å². The lowest BCUT2D eigenvalue weighted by Crippen LogP contribution is -2.00. The summed E-state index contributed by atoms with van der Waals surface area (Å²) in [5.41, 5.74) is 0.949. The second-order valence-corrected chi connectivity index (χ2v) is 3.80. The standard InChI is InChI=1S/C9H15N3OS/c1-2-10-9-6-11-8(5-12-9)7-14-4-3-13/h5-6,13H,2-4,7H2,1H3,(H,10,12). The lowest BCUT2D eigenvalue weighted by atomic mass is 10.5. The molecule has 0 radical (unpaired) electrons. The number of thioether (sulfide) groups is 1. The molecule has 0 spiro atoms. The molecule has 0 amide bonds. The quantitative estimate of drug-likeness (QED) is 0.694. The Morgan fingerprint density at radius 2 is 2.29 bits per heavy atom. The Balaban J connectivity index is 2.38. The van der Waals surface area contributed by atoms with Crippen LogP contribution in [0, 0.1) is 0 Å². The number of aliphatic hydroxyl groups excluding tert-OH is 1. The summed E-state index contributed by atoms with van der Waals surface area (Å²) in [5.74, 6) is 2.36. The Bertz CT molecular complexity index is 253. The van der Waals surface area contributed by atoms with Crippen LogP contribution in [0.2, 0.25) is 0 Å². The summed E-state index contributed by atoms with van der Waals surface area (Å²) >= 11 is 1.65. The first-order valence-corrected chi connectivity index (χ1v) is 5.75. The van der Waals surface area contributed by atoms with Gasteiger partial charge in [-0.1, -0.05) is 0 Å². The summed E-state index contributed by atoms with van der Waals surface area (Å²) < 4.78 is 0. The van der Waals surface area contributed by atoms with Gasteiger partial charge >= 0.3 is 0 Å². The lowest BCUT2D eigenvalue weighted by molar-refractivity contribution is 0.322. The van der Waals surface area contributed by atoms with Crippen molar-refractivity contribution in [2.75, 3.05) is 24.2 Å². The maximum absolute atomic E-state index is 8.59. The van der Waals surface area contributed by atoms with Crippen LogP contribution >= 0.6 is 11.8 Å². The molecule has 5 heteroatoms. The molecule has 1 aromatic heterocycles. The van der Waals surface area contributed by atoms with Crippen LogP contribution < -0.4 is 5.32 Å². The Morgan fingerprint density at radius 3 is 2.86 bits per heavy atom. The van der Waals surface area contributed by atoms with Crippen molar-refractivity contribution in [3.63, 3.8) is 0 Å². The fourth-order valence-corrected chi connectivity index (χ4v) is 1.57. The number of aliphatic hydroxyl groups is 1. The van der Waals surface area contributed by atoms with Crippen molar-refractivity contribution in [1.82, 2.24) is 9.97 Å². The molecular formula is C9H15N3OS. The highest BCUT2D eigenvalue weighted by molar-refractivity contribution is 7.98. The van der Waals surface area contributed by atoms with Crippen LogP contribution in [0.15, 0.2) is 12.4 Å². The van der Waals surface area contributed by atoms with Gasteiger partial charge in [-0.05, 0) is 6.92 Å². The van der Waals surface area contributed by atoms with Crippen molar-refractivity contribution in [2.24, 2.45) is 0 Å². The van der Waals surface area contributed by atoms with Crippen LogP contribution in [-0.4, -0.2) is 34.0 Å². The summed E-state index contributed by atoms with van der Waals surface area (Å²) in [7, 11) is 0. The highest BCUT2D eigenvalue weighted by Gasteiger charge is 1.96. The Labute approximate surface area is 88.2 Å². The van der Waals surface area contributed by atoms with Crippen molar-refractivity contribution < 1.29 is 5.11 Å². The van der Waals surface area contributed by atoms with E-state index in [0.717, 1.165) is 29.6 Å². The molecule has 0 atom stereocenters. The van der Waals surface area contributed by atoms with Gasteiger partial charge in [0, 0.05) is 18.1 Å². The highest BCUT2D eigenvalue weighted by atomic mass is 32.2. The van der Waals surface area contributed by atoms with Crippen molar-refractivity contribution in [3.8, 4) is 0 Å². The van der Waals surface area contributed by atoms with Crippen molar-refractivity contribution in [2.45, 2.75) is 12.7 Å². The number of hydrogen-bond donors (Lipinski definition) is 2. The van der Waals surface area contributed by atoms with Crippen molar-refractivity contribution in [1.29, 1.82) is 0 Å².